The monoisotopic (exact) mass is 733 g/mol. The summed E-state index contributed by atoms with van der Waals surface area (Å²) < 4.78 is 22.0. The highest BCUT2D eigenvalue weighted by atomic mass is 31.2. The van der Waals surface area contributed by atoms with Crippen molar-refractivity contribution in [1.29, 1.82) is 0 Å². The quantitative estimate of drug-likeness (QED) is 0.0238. The number of aliphatic hydroxyl groups is 2. The van der Waals surface area contributed by atoms with Gasteiger partial charge in [-0.05, 0) is 19.3 Å². The van der Waals surface area contributed by atoms with Gasteiger partial charge in [0.25, 0.3) is 0 Å². The Bertz CT molecular complexity index is 817. The normalized spacial score (nSPS) is 14.9. The minimum Gasteiger partial charge on any atom is -0.393 e. The van der Waals surface area contributed by atoms with Gasteiger partial charge in [0.1, 0.15) is 0 Å². The lowest BCUT2D eigenvalue weighted by atomic mass is 10.0. The standard InChI is InChI=1S/C40H81N2O7P/c1-3-5-7-9-11-13-15-17-18-19-20-22-24-26-28-30-32-39(44)38(36-49-50(46,47)48-34-33-41)42-40(45)35-37(43)31-29-27-25-23-21-16-14-12-10-8-6-4-2/h30,32,37-39,43-44H,3-29,31,33-36,41H2,1-2H3,(H,42,45)(H,46,47)/b32-30+. The fourth-order valence-electron chi connectivity index (χ4n) is 6.23. The second kappa shape index (κ2) is 36.6. The number of phosphoric ester groups is 1. The molecule has 0 aromatic carbocycles. The zero-order valence-electron chi connectivity index (χ0n) is 32.5. The Kier molecular flexibility index (Phi) is 36.0. The van der Waals surface area contributed by atoms with Gasteiger partial charge >= 0.3 is 7.82 Å². The molecule has 0 aromatic heterocycles. The molecule has 0 rings (SSSR count). The van der Waals surface area contributed by atoms with Crippen LogP contribution in [0.2, 0.25) is 0 Å². The van der Waals surface area contributed by atoms with Crippen LogP contribution in [0.3, 0.4) is 0 Å². The molecule has 0 radical (unpaired) electrons. The van der Waals surface area contributed by atoms with Crippen LogP contribution in [-0.4, -0.2) is 59.0 Å². The van der Waals surface area contributed by atoms with Gasteiger partial charge in [-0.15, -0.1) is 0 Å². The van der Waals surface area contributed by atoms with Crippen molar-refractivity contribution in [2.24, 2.45) is 5.73 Å². The van der Waals surface area contributed by atoms with Crippen LogP contribution in [0.4, 0.5) is 0 Å². The number of rotatable bonds is 39. The van der Waals surface area contributed by atoms with E-state index in [1.54, 1.807) is 6.08 Å². The molecule has 0 aromatic rings. The van der Waals surface area contributed by atoms with Crippen LogP contribution in [-0.2, 0) is 18.4 Å². The molecule has 9 nitrogen and oxygen atoms in total. The highest BCUT2D eigenvalue weighted by molar-refractivity contribution is 7.47. The number of hydrogen-bond acceptors (Lipinski definition) is 7. The zero-order valence-corrected chi connectivity index (χ0v) is 33.4. The van der Waals surface area contributed by atoms with Crippen molar-refractivity contribution >= 4 is 13.7 Å². The number of unbranched alkanes of at least 4 members (excludes halogenated alkanes) is 25. The number of aliphatic hydroxyl groups excluding tert-OH is 2. The molecule has 0 fully saturated rings. The third kappa shape index (κ3) is 34.3. The summed E-state index contributed by atoms with van der Waals surface area (Å²) in [4.78, 5) is 22.7. The third-order valence-electron chi connectivity index (χ3n) is 9.42. The number of nitrogens with one attached hydrogen (secondary N) is 1. The topological polar surface area (TPSA) is 151 Å². The molecule has 50 heavy (non-hydrogen) atoms. The van der Waals surface area contributed by atoms with E-state index < -0.39 is 38.6 Å². The molecule has 10 heteroatoms. The third-order valence-corrected chi connectivity index (χ3v) is 10.4. The molecule has 0 bridgehead atoms. The first-order chi connectivity index (χ1) is 24.3. The first kappa shape index (κ1) is 49.2. The van der Waals surface area contributed by atoms with Crippen LogP contribution >= 0.6 is 7.82 Å². The van der Waals surface area contributed by atoms with Gasteiger partial charge in [0.2, 0.25) is 5.91 Å². The SMILES string of the molecule is CCCCCCCCCCCCCCCC/C=C/C(O)C(COP(=O)(O)OCCN)NC(=O)CC(O)CCCCCCCCCCCCCC. The van der Waals surface area contributed by atoms with Gasteiger partial charge < -0.3 is 26.2 Å². The molecule has 0 aliphatic heterocycles. The number of nitrogens with two attached hydrogens (primary N) is 1. The maximum Gasteiger partial charge on any atom is 0.472 e. The van der Waals surface area contributed by atoms with E-state index in [1.807, 2.05) is 6.08 Å². The zero-order chi connectivity index (χ0) is 37.0. The first-order valence-corrected chi connectivity index (χ1v) is 22.4. The largest absolute Gasteiger partial charge is 0.472 e. The number of hydrogen-bond donors (Lipinski definition) is 5. The van der Waals surface area contributed by atoms with Gasteiger partial charge in [0.05, 0.1) is 37.9 Å². The Morgan fingerprint density at radius 3 is 1.54 bits per heavy atom. The van der Waals surface area contributed by atoms with Crippen molar-refractivity contribution in [2.45, 2.75) is 218 Å². The lowest BCUT2D eigenvalue weighted by Crippen LogP contribution is -2.46. The summed E-state index contributed by atoms with van der Waals surface area (Å²) in [6.07, 6.45) is 35.7. The molecule has 298 valence electrons. The molecular weight excluding hydrogens is 651 g/mol. The Morgan fingerprint density at radius 2 is 1.10 bits per heavy atom. The maximum absolute atomic E-state index is 12.8. The van der Waals surface area contributed by atoms with Crippen LogP contribution in [0.15, 0.2) is 12.2 Å². The molecule has 0 saturated carbocycles. The predicted octanol–water partition coefficient (Wildman–Crippen LogP) is 10.2. The van der Waals surface area contributed by atoms with E-state index in [0.29, 0.717) is 6.42 Å². The summed E-state index contributed by atoms with van der Waals surface area (Å²) in [5.41, 5.74) is 5.35. The molecule has 0 heterocycles. The van der Waals surface area contributed by atoms with E-state index in [1.165, 1.54) is 135 Å². The van der Waals surface area contributed by atoms with Crippen molar-refractivity contribution < 1.29 is 33.5 Å². The predicted molar refractivity (Wildman–Crippen MR) is 209 cm³/mol. The summed E-state index contributed by atoms with van der Waals surface area (Å²) in [6, 6.07) is -0.976. The minimum atomic E-state index is -4.39. The second-order valence-corrected chi connectivity index (χ2v) is 15.9. The average molecular weight is 733 g/mol. The van der Waals surface area contributed by atoms with E-state index in [0.717, 1.165) is 38.5 Å². The molecule has 4 atom stereocenters. The maximum atomic E-state index is 12.8. The average Bonchev–Trinajstić information content (AvgIpc) is 3.09. The number of carbonyl (C=O) groups excluding carboxylic acids is 1. The van der Waals surface area contributed by atoms with E-state index in [2.05, 4.69) is 19.2 Å². The summed E-state index contributed by atoms with van der Waals surface area (Å²) in [5, 5.41) is 24.0. The molecule has 4 unspecified atom stereocenters. The molecule has 0 aliphatic rings. The Morgan fingerprint density at radius 1 is 0.680 bits per heavy atom. The highest BCUT2D eigenvalue weighted by Gasteiger charge is 2.27. The lowest BCUT2D eigenvalue weighted by molar-refractivity contribution is -0.124. The van der Waals surface area contributed by atoms with Crippen LogP contribution in [0.25, 0.3) is 0 Å². The summed E-state index contributed by atoms with van der Waals surface area (Å²) in [6.45, 7) is 3.97. The van der Waals surface area contributed by atoms with Crippen LogP contribution in [0.5, 0.6) is 0 Å². The molecule has 1 amide bonds. The van der Waals surface area contributed by atoms with E-state index in [4.69, 9.17) is 14.8 Å². The fraction of sp³-hybridized carbons (Fsp3) is 0.925. The lowest BCUT2D eigenvalue weighted by Gasteiger charge is -2.24. The molecule has 6 N–H and O–H groups in total. The molecule has 0 saturated heterocycles. The molecule has 0 aliphatic carbocycles. The fourth-order valence-corrected chi connectivity index (χ4v) is 6.99. The van der Waals surface area contributed by atoms with Crippen molar-refractivity contribution in [3.63, 3.8) is 0 Å². The van der Waals surface area contributed by atoms with Gasteiger partial charge in [0.15, 0.2) is 0 Å². The first-order valence-electron chi connectivity index (χ1n) is 20.9. The van der Waals surface area contributed by atoms with Gasteiger partial charge in [-0.25, -0.2) is 4.57 Å². The molecule has 0 spiro atoms. The van der Waals surface area contributed by atoms with Gasteiger partial charge in [-0.3, -0.25) is 13.8 Å². The Hall–Kier alpha value is -0.800. The Balaban J connectivity index is 4.36. The minimum absolute atomic E-state index is 0.0514. The smallest absolute Gasteiger partial charge is 0.393 e. The second-order valence-electron chi connectivity index (χ2n) is 14.4. The van der Waals surface area contributed by atoms with Crippen molar-refractivity contribution in [2.75, 3.05) is 19.8 Å². The van der Waals surface area contributed by atoms with E-state index in [-0.39, 0.29) is 19.6 Å². The summed E-state index contributed by atoms with van der Waals surface area (Å²) in [7, 11) is -4.39. The summed E-state index contributed by atoms with van der Waals surface area (Å²) in [5.74, 6) is -0.444. The Labute approximate surface area is 307 Å². The molecular formula is C40H81N2O7P. The van der Waals surface area contributed by atoms with Gasteiger partial charge in [0, 0.05) is 6.54 Å². The highest BCUT2D eigenvalue weighted by Crippen LogP contribution is 2.43. The van der Waals surface area contributed by atoms with Crippen molar-refractivity contribution in [3.8, 4) is 0 Å². The number of amides is 1. The van der Waals surface area contributed by atoms with Crippen molar-refractivity contribution in [3.05, 3.63) is 12.2 Å². The van der Waals surface area contributed by atoms with Crippen molar-refractivity contribution in [1.82, 2.24) is 5.32 Å². The van der Waals surface area contributed by atoms with Gasteiger partial charge in [-0.1, -0.05) is 187 Å². The van der Waals surface area contributed by atoms with Crippen LogP contribution in [0, 0.1) is 0 Å². The van der Waals surface area contributed by atoms with Gasteiger partial charge in [-0.2, -0.15) is 0 Å². The van der Waals surface area contributed by atoms with E-state index >= 15 is 0 Å². The number of phosphoric acid groups is 1. The number of carbonyl (C=O) groups is 1. The van der Waals surface area contributed by atoms with Crippen LogP contribution in [0.1, 0.15) is 200 Å². The summed E-state index contributed by atoms with van der Waals surface area (Å²) >= 11 is 0. The van der Waals surface area contributed by atoms with E-state index in [9.17, 15) is 24.5 Å². The van der Waals surface area contributed by atoms with Crippen LogP contribution < -0.4 is 11.1 Å². The number of allylic oxidation sites excluding steroid dienone is 1.